The van der Waals surface area contributed by atoms with Gasteiger partial charge in [0.2, 0.25) is 0 Å². The zero-order valence-corrected chi connectivity index (χ0v) is 14.7. The molecule has 5 heteroatoms. The highest BCUT2D eigenvalue weighted by molar-refractivity contribution is 5.60. The van der Waals surface area contributed by atoms with Crippen molar-refractivity contribution in [2.45, 2.75) is 45.6 Å². The summed E-state index contributed by atoms with van der Waals surface area (Å²) in [6, 6.07) is 10.5. The molecule has 24 heavy (non-hydrogen) atoms. The highest BCUT2D eigenvalue weighted by atomic mass is 16.5. The molecule has 1 saturated heterocycles. The van der Waals surface area contributed by atoms with Crippen LogP contribution in [0.25, 0.3) is 0 Å². The molecule has 0 saturated carbocycles. The first kappa shape index (κ1) is 16.6. The van der Waals surface area contributed by atoms with Crippen molar-refractivity contribution in [3.63, 3.8) is 0 Å². The van der Waals surface area contributed by atoms with Gasteiger partial charge < -0.3 is 15.0 Å². The summed E-state index contributed by atoms with van der Waals surface area (Å²) >= 11 is 0. The van der Waals surface area contributed by atoms with Gasteiger partial charge >= 0.3 is 0 Å². The van der Waals surface area contributed by atoms with Gasteiger partial charge in [-0.2, -0.15) is 0 Å². The molecule has 0 radical (unpaired) electrons. The molecule has 0 aliphatic carbocycles. The Kier molecular flexibility index (Phi) is 5.18. The van der Waals surface area contributed by atoms with Crippen LogP contribution < -0.4 is 15.0 Å². The third-order valence-electron chi connectivity index (χ3n) is 4.58. The normalized spacial score (nSPS) is 17.6. The van der Waals surface area contributed by atoms with Gasteiger partial charge in [-0.25, -0.2) is 9.97 Å². The number of anilines is 3. The third kappa shape index (κ3) is 3.78. The lowest BCUT2D eigenvalue weighted by atomic mass is 10.00. The Hall–Kier alpha value is -2.30. The van der Waals surface area contributed by atoms with E-state index in [2.05, 4.69) is 33.2 Å². The van der Waals surface area contributed by atoms with E-state index in [1.165, 1.54) is 19.3 Å². The minimum absolute atomic E-state index is 0.585. The maximum Gasteiger partial charge on any atom is 0.136 e. The molecular weight excluding hydrogens is 300 g/mol. The molecule has 3 rings (SSSR count). The van der Waals surface area contributed by atoms with Crippen LogP contribution >= 0.6 is 0 Å². The van der Waals surface area contributed by atoms with Crippen molar-refractivity contribution in [2.24, 2.45) is 0 Å². The van der Waals surface area contributed by atoms with Crippen molar-refractivity contribution in [2.75, 3.05) is 23.9 Å². The van der Waals surface area contributed by atoms with Crippen molar-refractivity contribution in [1.82, 2.24) is 9.97 Å². The number of methoxy groups -OCH3 is 1. The van der Waals surface area contributed by atoms with Crippen LogP contribution in [-0.2, 0) is 0 Å². The minimum Gasteiger partial charge on any atom is -0.497 e. The Morgan fingerprint density at radius 2 is 2.00 bits per heavy atom. The van der Waals surface area contributed by atoms with E-state index >= 15 is 0 Å². The highest BCUT2D eigenvalue weighted by Crippen LogP contribution is 2.27. The summed E-state index contributed by atoms with van der Waals surface area (Å²) in [5.74, 6) is 3.51. The van der Waals surface area contributed by atoms with Gasteiger partial charge in [-0.15, -0.1) is 0 Å². The van der Waals surface area contributed by atoms with Crippen LogP contribution in [0.1, 0.15) is 38.4 Å². The first-order valence-electron chi connectivity index (χ1n) is 8.73. The molecule has 1 aromatic heterocycles. The second-order valence-electron chi connectivity index (χ2n) is 6.26. The van der Waals surface area contributed by atoms with Gasteiger partial charge in [0.15, 0.2) is 0 Å². The van der Waals surface area contributed by atoms with Crippen molar-refractivity contribution in [1.29, 1.82) is 0 Å². The number of piperidine rings is 1. The standard InChI is InChI=1S/C19H26N4O/c1-4-16-7-5-6-12-23(16)19-13-18(20-14(2)21-19)22-15-8-10-17(24-3)11-9-15/h8-11,13,16H,4-7,12H2,1-3H3,(H,20,21,22). The summed E-state index contributed by atoms with van der Waals surface area (Å²) in [5.41, 5.74) is 0.991. The van der Waals surface area contributed by atoms with E-state index in [1.54, 1.807) is 7.11 Å². The monoisotopic (exact) mass is 326 g/mol. The number of benzene rings is 1. The lowest BCUT2D eigenvalue weighted by molar-refractivity contribution is 0.415. The van der Waals surface area contributed by atoms with E-state index in [0.717, 1.165) is 41.9 Å². The van der Waals surface area contributed by atoms with Crippen LogP contribution in [0.4, 0.5) is 17.3 Å². The lowest BCUT2D eigenvalue weighted by Gasteiger charge is -2.36. The second kappa shape index (κ2) is 7.51. The lowest BCUT2D eigenvalue weighted by Crippen LogP contribution is -2.39. The predicted octanol–water partition coefficient (Wildman–Crippen LogP) is 4.31. The van der Waals surface area contributed by atoms with Gasteiger partial charge in [0.05, 0.1) is 7.11 Å². The number of rotatable bonds is 5. The number of hydrogen-bond acceptors (Lipinski definition) is 5. The van der Waals surface area contributed by atoms with Crippen LogP contribution in [0.2, 0.25) is 0 Å². The van der Waals surface area contributed by atoms with Gasteiger partial charge in [0, 0.05) is 24.3 Å². The van der Waals surface area contributed by atoms with Gasteiger partial charge in [0.1, 0.15) is 23.2 Å². The fourth-order valence-electron chi connectivity index (χ4n) is 3.31. The number of ether oxygens (including phenoxy) is 1. The number of nitrogens with one attached hydrogen (secondary N) is 1. The van der Waals surface area contributed by atoms with Crippen molar-refractivity contribution in [3.8, 4) is 5.75 Å². The van der Waals surface area contributed by atoms with Gasteiger partial charge in [-0.3, -0.25) is 0 Å². The summed E-state index contributed by atoms with van der Waals surface area (Å²) in [6.45, 7) is 5.29. The highest BCUT2D eigenvalue weighted by Gasteiger charge is 2.22. The molecule has 2 aromatic rings. The Morgan fingerprint density at radius 3 is 2.71 bits per heavy atom. The average molecular weight is 326 g/mol. The van der Waals surface area contributed by atoms with E-state index in [1.807, 2.05) is 31.2 Å². The molecule has 1 unspecified atom stereocenters. The molecule has 1 fully saturated rings. The average Bonchev–Trinajstić information content (AvgIpc) is 2.62. The topological polar surface area (TPSA) is 50.3 Å². The first-order valence-corrected chi connectivity index (χ1v) is 8.73. The maximum absolute atomic E-state index is 5.20. The van der Waals surface area contributed by atoms with E-state index in [9.17, 15) is 0 Å². The Labute approximate surface area is 144 Å². The van der Waals surface area contributed by atoms with Crippen LogP contribution in [-0.4, -0.2) is 29.7 Å². The van der Waals surface area contributed by atoms with Crippen molar-refractivity contribution < 1.29 is 4.74 Å². The van der Waals surface area contributed by atoms with E-state index in [4.69, 9.17) is 4.74 Å². The fraction of sp³-hybridized carbons (Fsp3) is 0.474. The summed E-state index contributed by atoms with van der Waals surface area (Å²) in [6.07, 6.45) is 4.96. The zero-order valence-electron chi connectivity index (χ0n) is 14.7. The van der Waals surface area contributed by atoms with Crippen molar-refractivity contribution in [3.05, 3.63) is 36.2 Å². The van der Waals surface area contributed by atoms with Crippen molar-refractivity contribution >= 4 is 17.3 Å². The molecule has 5 nitrogen and oxygen atoms in total. The zero-order chi connectivity index (χ0) is 16.9. The summed E-state index contributed by atoms with van der Waals surface area (Å²) in [5, 5.41) is 3.38. The largest absolute Gasteiger partial charge is 0.497 e. The Bertz CT molecular complexity index is 672. The third-order valence-corrected chi connectivity index (χ3v) is 4.58. The molecule has 0 bridgehead atoms. The van der Waals surface area contributed by atoms with Gasteiger partial charge in [-0.05, 0) is 56.9 Å². The van der Waals surface area contributed by atoms with Crippen LogP contribution in [0, 0.1) is 6.92 Å². The number of nitrogens with zero attached hydrogens (tertiary/aromatic N) is 3. The van der Waals surface area contributed by atoms with E-state index < -0.39 is 0 Å². The molecule has 1 aliphatic rings. The molecule has 1 aromatic carbocycles. The van der Waals surface area contributed by atoms with Gasteiger partial charge in [-0.1, -0.05) is 6.92 Å². The van der Waals surface area contributed by atoms with Crippen LogP contribution in [0.5, 0.6) is 5.75 Å². The molecule has 0 amide bonds. The molecule has 0 spiro atoms. The molecule has 2 heterocycles. The molecule has 1 N–H and O–H groups in total. The molecule has 1 aliphatic heterocycles. The SMILES string of the molecule is CCC1CCCCN1c1cc(Nc2ccc(OC)cc2)nc(C)n1. The van der Waals surface area contributed by atoms with Gasteiger partial charge in [0.25, 0.3) is 0 Å². The number of aromatic nitrogens is 2. The van der Waals surface area contributed by atoms with Crippen LogP contribution in [0.15, 0.2) is 30.3 Å². The Balaban J connectivity index is 1.82. The fourth-order valence-corrected chi connectivity index (χ4v) is 3.31. The first-order chi connectivity index (χ1) is 11.7. The summed E-state index contributed by atoms with van der Waals surface area (Å²) < 4.78 is 5.20. The molecule has 128 valence electrons. The molecule has 1 atom stereocenters. The minimum atomic E-state index is 0.585. The van der Waals surface area contributed by atoms with Crippen LogP contribution in [0.3, 0.4) is 0 Å². The smallest absolute Gasteiger partial charge is 0.136 e. The predicted molar refractivity (Wildman–Crippen MR) is 98.3 cm³/mol. The number of aryl methyl sites for hydroxylation is 1. The Morgan fingerprint density at radius 1 is 1.21 bits per heavy atom. The summed E-state index contributed by atoms with van der Waals surface area (Å²) in [7, 11) is 1.67. The quantitative estimate of drug-likeness (QED) is 0.887. The number of hydrogen-bond donors (Lipinski definition) is 1. The van der Waals surface area contributed by atoms with E-state index in [0.29, 0.717) is 6.04 Å². The summed E-state index contributed by atoms with van der Waals surface area (Å²) in [4.78, 5) is 11.7. The second-order valence-corrected chi connectivity index (χ2v) is 6.26. The molecular formula is C19H26N4O. The van der Waals surface area contributed by atoms with E-state index in [-0.39, 0.29) is 0 Å². The maximum atomic E-state index is 5.20.